The summed E-state index contributed by atoms with van der Waals surface area (Å²) in [5.41, 5.74) is 9.09. The average molecular weight is 572 g/mol. The maximum absolute atomic E-state index is 6.74. The molecule has 2 aromatic carbocycles. The van der Waals surface area contributed by atoms with E-state index in [1.807, 2.05) is 0 Å². The van der Waals surface area contributed by atoms with Crippen molar-refractivity contribution in [3.8, 4) is 11.1 Å². The van der Waals surface area contributed by atoms with Gasteiger partial charge >= 0.3 is 223 Å². The van der Waals surface area contributed by atoms with Crippen molar-refractivity contribution in [1.29, 1.82) is 0 Å². The van der Waals surface area contributed by atoms with E-state index in [0.717, 1.165) is 24.2 Å². The molecule has 5 aliphatic rings. The number of fused-ring (bicyclic) bond motifs is 1. The predicted molar refractivity (Wildman–Crippen MR) is 143 cm³/mol. The Morgan fingerprint density at radius 2 is 1.53 bits per heavy atom. The van der Waals surface area contributed by atoms with Crippen LogP contribution in [0, 0.1) is 17.8 Å². The van der Waals surface area contributed by atoms with Crippen molar-refractivity contribution in [3.63, 3.8) is 0 Å². The molecule has 0 aliphatic heterocycles. The van der Waals surface area contributed by atoms with Crippen LogP contribution in [0.2, 0.25) is 0 Å². The zero-order valence-electron chi connectivity index (χ0n) is 20.5. The van der Waals surface area contributed by atoms with Gasteiger partial charge in [0, 0.05) is 0 Å². The molecule has 0 aromatic heterocycles. The van der Waals surface area contributed by atoms with Crippen LogP contribution in [0.1, 0.15) is 97.9 Å². The first-order valence-electron chi connectivity index (χ1n) is 13.7. The topological polar surface area (TPSA) is 0 Å². The molecule has 3 heteroatoms. The molecule has 2 aromatic rings. The number of allylic oxidation sites excluding steroid dienone is 1. The first-order chi connectivity index (χ1) is 16.6. The Balaban J connectivity index is 1.29. The van der Waals surface area contributed by atoms with Gasteiger partial charge in [0.1, 0.15) is 0 Å². The first kappa shape index (κ1) is 24.0. The first-order valence-corrected chi connectivity index (χ1v) is 21.4. The summed E-state index contributed by atoms with van der Waals surface area (Å²) < 4.78 is 0.327. The van der Waals surface area contributed by atoms with Gasteiger partial charge in [0.05, 0.1) is 0 Å². The molecule has 0 N–H and O–H groups in total. The van der Waals surface area contributed by atoms with Crippen LogP contribution in [0.5, 0.6) is 0 Å². The molecule has 4 bridgehead atoms. The minimum absolute atomic E-state index is 0.327. The zero-order chi connectivity index (χ0) is 23.3. The van der Waals surface area contributed by atoms with Crippen LogP contribution in [0.15, 0.2) is 48.0 Å². The fourth-order valence-electron chi connectivity index (χ4n) is 8.41. The SMILES string of the molecule is CCCCCCC1=Cc2c(-c3ccc(C45CC6CC(CC(C6)C4)C5)cc3)cccc2[CH]1[Zr]([Cl])[Cl]. The van der Waals surface area contributed by atoms with Gasteiger partial charge in [-0.05, 0) is 0 Å². The van der Waals surface area contributed by atoms with Crippen LogP contribution in [0.3, 0.4) is 0 Å². The number of hydrogen-bond donors (Lipinski definition) is 0. The van der Waals surface area contributed by atoms with E-state index in [9.17, 15) is 0 Å². The van der Waals surface area contributed by atoms with E-state index < -0.39 is 19.4 Å². The fraction of sp³-hybridized carbons (Fsp3) is 0.548. The van der Waals surface area contributed by atoms with E-state index >= 15 is 0 Å². The Labute approximate surface area is 221 Å². The molecule has 0 spiro atoms. The normalized spacial score (nSPS) is 31.0. The Hall–Kier alpha value is -0.357. The van der Waals surface area contributed by atoms with Crippen LogP contribution < -0.4 is 0 Å². The summed E-state index contributed by atoms with van der Waals surface area (Å²) >= 11 is -2.47. The Morgan fingerprint density at radius 1 is 0.853 bits per heavy atom. The van der Waals surface area contributed by atoms with E-state index in [0.29, 0.717) is 9.04 Å². The second-order valence-electron chi connectivity index (χ2n) is 11.8. The summed E-state index contributed by atoms with van der Waals surface area (Å²) in [5, 5.41) is 0. The van der Waals surface area contributed by atoms with E-state index in [4.69, 9.17) is 17.0 Å². The van der Waals surface area contributed by atoms with Crippen LogP contribution in [-0.4, -0.2) is 0 Å². The van der Waals surface area contributed by atoms with E-state index in [-0.39, 0.29) is 0 Å². The van der Waals surface area contributed by atoms with Crippen molar-refractivity contribution >= 4 is 23.1 Å². The van der Waals surface area contributed by atoms with E-state index in [2.05, 4.69) is 55.5 Å². The molecule has 7 rings (SSSR count). The molecule has 1 atom stereocenters. The number of rotatable bonds is 8. The van der Waals surface area contributed by atoms with Gasteiger partial charge in [0.15, 0.2) is 0 Å². The van der Waals surface area contributed by atoms with Crippen molar-refractivity contribution < 1.29 is 19.4 Å². The van der Waals surface area contributed by atoms with Crippen LogP contribution >= 0.6 is 17.0 Å². The third-order valence-corrected chi connectivity index (χ3v) is 14.9. The molecule has 1 unspecified atom stereocenters. The monoisotopic (exact) mass is 569 g/mol. The van der Waals surface area contributed by atoms with Crippen molar-refractivity contribution in [1.82, 2.24) is 0 Å². The number of hydrogen-bond acceptors (Lipinski definition) is 0. The number of halogens is 2. The van der Waals surface area contributed by atoms with Gasteiger partial charge in [-0.2, -0.15) is 0 Å². The fourth-order valence-corrected chi connectivity index (χ4v) is 13.9. The minimum atomic E-state index is -2.47. The second-order valence-corrected chi connectivity index (χ2v) is 20.6. The van der Waals surface area contributed by atoms with Crippen molar-refractivity contribution in [3.05, 3.63) is 64.7 Å². The number of benzene rings is 2. The predicted octanol–water partition coefficient (Wildman–Crippen LogP) is 10.2. The molecule has 0 radical (unpaired) electrons. The van der Waals surface area contributed by atoms with Gasteiger partial charge in [0.25, 0.3) is 0 Å². The maximum atomic E-state index is 6.74. The van der Waals surface area contributed by atoms with E-state index in [1.54, 1.807) is 5.56 Å². The third kappa shape index (κ3) is 4.35. The van der Waals surface area contributed by atoms with Crippen LogP contribution in [0.4, 0.5) is 0 Å². The molecular weight excluding hydrogens is 534 g/mol. The number of unbranched alkanes of at least 4 members (excludes halogenated alkanes) is 3. The van der Waals surface area contributed by atoms with Crippen LogP contribution in [-0.2, 0) is 24.8 Å². The summed E-state index contributed by atoms with van der Waals surface area (Å²) in [5.74, 6) is 2.98. The Morgan fingerprint density at radius 3 is 2.15 bits per heavy atom. The summed E-state index contributed by atoms with van der Waals surface area (Å²) in [6.45, 7) is 2.28. The molecule has 0 heterocycles. The third-order valence-electron chi connectivity index (χ3n) is 9.54. The van der Waals surface area contributed by atoms with Gasteiger partial charge < -0.3 is 0 Å². The van der Waals surface area contributed by atoms with Crippen molar-refractivity contribution in [2.24, 2.45) is 17.8 Å². The quantitative estimate of drug-likeness (QED) is 0.277. The average Bonchev–Trinajstić information content (AvgIpc) is 3.20. The molecule has 4 fully saturated rings. The Kier molecular flexibility index (Phi) is 6.95. The molecule has 0 amide bonds. The molecule has 0 saturated heterocycles. The second kappa shape index (κ2) is 9.84. The van der Waals surface area contributed by atoms with Gasteiger partial charge in [-0.3, -0.25) is 0 Å². The van der Waals surface area contributed by atoms with Gasteiger partial charge in [-0.1, -0.05) is 0 Å². The Bertz CT molecular complexity index is 1030. The van der Waals surface area contributed by atoms with Crippen LogP contribution in [0.25, 0.3) is 17.2 Å². The van der Waals surface area contributed by atoms with Gasteiger partial charge in [0.2, 0.25) is 0 Å². The molecule has 179 valence electrons. The van der Waals surface area contributed by atoms with Gasteiger partial charge in [-0.15, -0.1) is 0 Å². The molecule has 5 aliphatic carbocycles. The molecule has 0 nitrogen and oxygen atoms in total. The zero-order valence-corrected chi connectivity index (χ0v) is 24.4. The van der Waals surface area contributed by atoms with E-state index in [1.165, 1.54) is 92.0 Å². The molecule has 34 heavy (non-hydrogen) atoms. The summed E-state index contributed by atoms with van der Waals surface area (Å²) in [6, 6.07) is 16.6. The standard InChI is InChI=1S/C31H37.2ClH.Zr/c1-2-3-4-5-7-22-17-27-8-6-9-29(30(27)18-22)26-10-12-28(13-11-26)31-19-23-14-24(20-31)16-25(15-23)21-31;;;/h6,8-13,17-18,23-25H,2-5,7,14-16,19-21H2,1H3;2*1H;/q;;;+2/p-2. The van der Waals surface area contributed by atoms with Crippen molar-refractivity contribution in [2.75, 3.05) is 0 Å². The molecular formula is C31H37Cl2Zr. The van der Waals surface area contributed by atoms with Gasteiger partial charge in [-0.25, -0.2) is 0 Å². The van der Waals surface area contributed by atoms with Crippen molar-refractivity contribution in [2.45, 2.75) is 86.6 Å². The molecule has 4 saturated carbocycles. The summed E-state index contributed by atoms with van der Waals surface area (Å²) in [4.78, 5) is 0. The summed E-state index contributed by atoms with van der Waals surface area (Å²) in [7, 11) is 13.5. The summed E-state index contributed by atoms with van der Waals surface area (Å²) in [6.07, 6.45) is 17.6.